The summed E-state index contributed by atoms with van der Waals surface area (Å²) in [7, 11) is -2.00. The number of benzene rings is 5. The van der Waals surface area contributed by atoms with Crippen LogP contribution < -0.4 is 10.4 Å². The molecule has 0 saturated carbocycles. The Bertz CT molecular complexity index is 2920. The average Bonchev–Trinajstić information content (AvgIpc) is 4.09. The van der Waals surface area contributed by atoms with E-state index < -0.39 is 8.07 Å². The van der Waals surface area contributed by atoms with Gasteiger partial charge in [0.05, 0.1) is 22.4 Å². The van der Waals surface area contributed by atoms with Crippen LogP contribution >= 0.6 is 22.7 Å². The lowest BCUT2D eigenvalue weighted by molar-refractivity contribution is 0.684. The maximum Gasteiger partial charge on any atom is 0.119 e. The molecular weight excluding hydrogens is 865 g/mol. The molecule has 0 unspecified atom stereocenters. The lowest BCUT2D eigenvalue weighted by atomic mass is 9.98. The molecule has 5 aromatic carbocycles. The summed E-state index contributed by atoms with van der Waals surface area (Å²) in [5, 5.41) is 3.40. The molecule has 0 spiro atoms. The number of aromatic nitrogens is 2. The highest BCUT2D eigenvalue weighted by Crippen LogP contribution is 2.44. The van der Waals surface area contributed by atoms with Crippen molar-refractivity contribution in [2.24, 2.45) is 0 Å². The van der Waals surface area contributed by atoms with E-state index in [0.717, 1.165) is 57.5 Å². The standard InChI is InChI=1S/C62H70N2S2Si/c1-7-11-15-17-39-67(40-18-16-12-8-2)57-41-43(5)21-32-50(57)51-33-31-49(42-58(51)67)54-37-38-56(66-54)53-35-34-52(55-36-22-44(6)65-55)61-62(53)64-60(48-29-25-46(26-30-48)20-14-10-4)59(63-61)47-27-23-45(24-28-47)19-13-9-3/h21-38,41-42H,7-20,39-40H2,1-6H3. The van der Waals surface area contributed by atoms with Crippen LogP contribution in [0.3, 0.4) is 0 Å². The first-order chi connectivity index (χ1) is 32.8. The predicted molar refractivity (Wildman–Crippen MR) is 298 cm³/mol. The molecule has 0 bridgehead atoms. The fraction of sp³-hybridized carbons (Fsp3) is 0.355. The second-order valence-corrected chi connectivity index (χ2v) is 26.1. The summed E-state index contributed by atoms with van der Waals surface area (Å²) < 4.78 is 0. The van der Waals surface area contributed by atoms with Gasteiger partial charge in [-0.05, 0) is 114 Å². The highest BCUT2D eigenvalue weighted by molar-refractivity contribution is 7.19. The van der Waals surface area contributed by atoms with Crippen molar-refractivity contribution in [2.45, 2.75) is 144 Å². The predicted octanol–water partition coefficient (Wildman–Crippen LogP) is 18.1. The van der Waals surface area contributed by atoms with E-state index in [-0.39, 0.29) is 0 Å². The SMILES string of the molecule is CCCCCC[Si]1(CCCCCC)c2cc(C)ccc2-c2ccc(-c3ccc(-c4ccc(-c5ccc(C)s5)c5nc(-c6ccc(CCCC)cc6)c(-c6ccc(CCCC)cc6)nc45)s3)cc21. The smallest absolute Gasteiger partial charge is 0.119 e. The first-order valence-electron chi connectivity index (χ1n) is 25.8. The second kappa shape index (κ2) is 21.6. The fourth-order valence-corrected chi connectivity index (χ4v) is 18.4. The number of thiophene rings is 2. The highest BCUT2D eigenvalue weighted by Gasteiger charge is 2.44. The Hall–Kier alpha value is -4.94. The first-order valence-corrected chi connectivity index (χ1v) is 29.9. The molecule has 0 amide bonds. The summed E-state index contributed by atoms with van der Waals surface area (Å²) >= 11 is 3.75. The Morgan fingerprint density at radius 3 is 1.39 bits per heavy atom. The maximum atomic E-state index is 5.77. The van der Waals surface area contributed by atoms with E-state index in [1.165, 1.54) is 142 Å². The van der Waals surface area contributed by atoms with Gasteiger partial charge in [-0.15, -0.1) is 22.7 Å². The van der Waals surface area contributed by atoms with Gasteiger partial charge in [0.2, 0.25) is 0 Å². The van der Waals surface area contributed by atoms with Crippen LogP contribution in [0.25, 0.3) is 76.0 Å². The van der Waals surface area contributed by atoms with Gasteiger partial charge in [0.15, 0.2) is 0 Å². The summed E-state index contributed by atoms with van der Waals surface area (Å²) in [6.45, 7) is 13.7. The minimum Gasteiger partial charge on any atom is -0.243 e. The third-order valence-corrected chi connectivity index (χ3v) is 22.0. The van der Waals surface area contributed by atoms with Gasteiger partial charge in [0.1, 0.15) is 8.07 Å². The topological polar surface area (TPSA) is 25.8 Å². The molecule has 3 aromatic heterocycles. The van der Waals surface area contributed by atoms with Crippen LogP contribution in [-0.2, 0) is 12.8 Å². The normalized spacial score (nSPS) is 12.8. The first kappa shape index (κ1) is 47.1. The number of nitrogens with zero attached hydrogens (tertiary/aromatic N) is 2. The molecular formula is C62H70N2S2Si. The zero-order valence-electron chi connectivity index (χ0n) is 41.1. The molecule has 344 valence electrons. The van der Waals surface area contributed by atoms with Crippen LogP contribution in [0, 0.1) is 13.8 Å². The molecule has 0 aliphatic carbocycles. The number of unbranched alkanes of at least 4 members (excludes halogenated alkanes) is 8. The molecule has 0 saturated heterocycles. The van der Waals surface area contributed by atoms with Gasteiger partial charge in [-0.2, -0.15) is 0 Å². The molecule has 4 heterocycles. The largest absolute Gasteiger partial charge is 0.243 e. The summed E-state index contributed by atoms with van der Waals surface area (Å²) in [4.78, 5) is 16.6. The van der Waals surface area contributed by atoms with Crippen molar-refractivity contribution < 1.29 is 0 Å². The monoisotopic (exact) mass is 934 g/mol. The summed E-state index contributed by atoms with van der Waals surface area (Å²) in [5.41, 5.74) is 16.9. The molecule has 1 aliphatic heterocycles. The Labute approximate surface area is 411 Å². The summed E-state index contributed by atoms with van der Waals surface area (Å²) in [6.07, 6.45) is 17.5. The zero-order chi connectivity index (χ0) is 46.3. The van der Waals surface area contributed by atoms with Gasteiger partial charge in [-0.3, -0.25) is 0 Å². The van der Waals surface area contributed by atoms with Crippen LogP contribution in [-0.4, -0.2) is 18.0 Å². The Kier molecular flexibility index (Phi) is 15.2. The number of aryl methyl sites for hydroxylation is 4. The minimum absolute atomic E-state index is 0.945. The van der Waals surface area contributed by atoms with Gasteiger partial charge < -0.3 is 0 Å². The molecule has 67 heavy (non-hydrogen) atoms. The summed E-state index contributed by atoms with van der Waals surface area (Å²) in [5.74, 6) is 0. The Morgan fingerprint density at radius 2 is 0.866 bits per heavy atom. The third-order valence-electron chi connectivity index (χ3n) is 14.5. The van der Waals surface area contributed by atoms with Crippen molar-refractivity contribution in [1.29, 1.82) is 0 Å². The van der Waals surface area contributed by atoms with Gasteiger partial charge >= 0.3 is 0 Å². The van der Waals surface area contributed by atoms with E-state index in [2.05, 4.69) is 163 Å². The molecule has 9 rings (SSSR count). The molecule has 0 fully saturated rings. The number of rotatable bonds is 21. The van der Waals surface area contributed by atoms with Crippen LogP contribution in [0.5, 0.6) is 0 Å². The van der Waals surface area contributed by atoms with Crippen LogP contribution in [0.4, 0.5) is 0 Å². The van der Waals surface area contributed by atoms with E-state index in [9.17, 15) is 0 Å². The van der Waals surface area contributed by atoms with Gasteiger partial charge in [0, 0.05) is 41.8 Å². The van der Waals surface area contributed by atoms with Crippen molar-refractivity contribution in [3.05, 3.63) is 143 Å². The fourth-order valence-electron chi connectivity index (χ4n) is 10.7. The van der Waals surface area contributed by atoms with Gasteiger partial charge in [0.25, 0.3) is 0 Å². The van der Waals surface area contributed by atoms with E-state index in [0.29, 0.717) is 0 Å². The Balaban J connectivity index is 1.18. The van der Waals surface area contributed by atoms with E-state index in [1.807, 2.05) is 22.7 Å². The van der Waals surface area contributed by atoms with Crippen molar-refractivity contribution in [2.75, 3.05) is 0 Å². The van der Waals surface area contributed by atoms with Crippen LogP contribution in [0.15, 0.2) is 121 Å². The van der Waals surface area contributed by atoms with E-state index in [4.69, 9.17) is 9.97 Å². The molecule has 2 nitrogen and oxygen atoms in total. The minimum atomic E-state index is -2.00. The molecule has 1 aliphatic rings. The number of hydrogen-bond acceptors (Lipinski definition) is 4. The Morgan fingerprint density at radius 1 is 0.403 bits per heavy atom. The van der Waals surface area contributed by atoms with Crippen molar-refractivity contribution in [1.82, 2.24) is 9.97 Å². The quantitative estimate of drug-likeness (QED) is 0.0530. The van der Waals surface area contributed by atoms with E-state index in [1.54, 1.807) is 10.4 Å². The van der Waals surface area contributed by atoms with Gasteiger partial charge in [-0.1, -0.05) is 195 Å². The number of fused-ring (bicyclic) bond motifs is 4. The van der Waals surface area contributed by atoms with Crippen molar-refractivity contribution >= 4 is 52.2 Å². The molecule has 0 radical (unpaired) electrons. The summed E-state index contributed by atoms with van der Waals surface area (Å²) in [6, 6.07) is 49.8. The van der Waals surface area contributed by atoms with E-state index >= 15 is 0 Å². The third kappa shape index (κ3) is 9.98. The molecule has 8 aromatic rings. The average molecular weight is 935 g/mol. The van der Waals surface area contributed by atoms with Crippen LogP contribution in [0.1, 0.15) is 126 Å². The second-order valence-electron chi connectivity index (χ2n) is 19.5. The van der Waals surface area contributed by atoms with Crippen molar-refractivity contribution in [3.63, 3.8) is 0 Å². The lowest BCUT2D eigenvalue weighted by Gasteiger charge is -2.31. The zero-order valence-corrected chi connectivity index (χ0v) is 43.7. The molecule has 0 atom stereocenters. The molecule has 0 N–H and O–H groups in total. The lowest BCUT2D eigenvalue weighted by Crippen LogP contribution is -2.55. The number of hydrogen-bond donors (Lipinski definition) is 0. The van der Waals surface area contributed by atoms with Gasteiger partial charge in [-0.25, -0.2) is 9.97 Å². The molecule has 5 heteroatoms. The maximum absolute atomic E-state index is 5.77. The van der Waals surface area contributed by atoms with Crippen LogP contribution in [0.2, 0.25) is 12.1 Å². The van der Waals surface area contributed by atoms with Crippen molar-refractivity contribution in [3.8, 4) is 65.0 Å². The highest BCUT2D eigenvalue weighted by atomic mass is 32.1.